The molecule has 1 saturated carbocycles. The summed E-state index contributed by atoms with van der Waals surface area (Å²) in [5.41, 5.74) is 4.92. The average Bonchev–Trinajstić information content (AvgIpc) is 1.93. The summed E-state index contributed by atoms with van der Waals surface area (Å²) in [7, 11) is 0. The summed E-state index contributed by atoms with van der Waals surface area (Å²) in [4.78, 5) is 10.4. The molecule has 2 atom stereocenters. The van der Waals surface area contributed by atoms with Crippen molar-refractivity contribution in [2.75, 3.05) is 0 Å². The molecule has 0 aromatic heterocycles. The normalized spacial score (nSPS) is 31.4. The molecule has 4 nitrogen and oxygen atoms in total. The van der Waals surface area contributed by atoms with Crippen LogP contribution >= 0.6 is 0 Å². The summed E-state index contributed by atoms with van der Waals surface area (Å²) in [6, 6.07) is -0.669. The lowest BCUT2D eigenvalue weighted by atomic mass is 9.93. The van der Waals surface area contributed by atoms with Crippen LogP contribution in [0.2, 0.25) is 0 Å². The molecule has 0 radical (unpaired) electrons. The Balaban J connectivity index is 2.35. The van der Waals surface area contributed by atoms with Crippen molar-refractivity contribution < 1.29 is 9.90 Å². The van der Waals surface area contributed by atoms with Gasteiger partial charge in [0.1, 0.15) is 0 Å². The van der Waals surface area contributed by atoms with Crippen LogP contribution < -0.4 is 11.1 Å². The Morgan fingerprint density at radius 1 is 1.45 bits per heavy atom. The number of urea groups is 1. The fourth-order valence-corrected chi connectivity index (χ4v) is 1.46. The van der Waals surface area contributed by atoms with Crippen molar-refractivity contribution in [3.63, 3.8) is 0 Å². The Kier molecular flexibility index (Phi) is 2.70. The summed E-state index contributed by atoms with van der Waals surface area (Å²) in [6.45, 7) is 0. The maximum absolute atomic E-state index is 10.4. The molecular formula is C7H14N2O2. The molecule has 0 bridgehead atoms. The first-order valence-corrected chi connectivity index (χ1v) is 3.94. The van der Waals surface area contributed by atoms with Gasteiger partial charge in [0.25, 0.3) is 0 Å². The number of amides is 2. The van der Waals surface area contributed by atoms with Gasteiger partial charge in [-0.2, -0.15) is 0 Å². The van der Waals surface area contributed by atoms with E-state index in [9.17, 15) is 9.90 Å². The van der Waals surface area contributed by atoms with Crippen molar-refractivity contribution in [3.05, 3.63) is 0 Å². The lowest BCUT2D eigenvalue weighted by Crippen LogP contribution is -2.47. The highest BCUT2D eigenvalue weighted by molar-refractivity contribution is 5.72. The van der Waals surface area contributed by atoms with Crippen molar-refractivity contribution in [2.24, 2.45) is 5.73 Å². The second kappa shape index (κ2) is 3.57. The topological polar surface area (TPSA) is 75.4 Å². The zero-order valence-electron chi connectivity index (χ0n) is 6.42. The van der Waals surface area contributed by atoms with Crippen LogP contribution in [0.25, 0.3) is 0 Å². The fourth-order valence-electron chi connectivity index (χ4n) is 1.46. The number of aliphatic hydroxyl groups excluding tert-OH is 1. The van der Waals surface area contributed by atoms with Crippen molar-refractivity contribution in [1.82, 2.24) is 5.32 Å². The van der Waals surface area contributed by atoms with Gasteiger partial charge in [-0.1, -0.05) is 12.8 Å². The molecule has 64 valence electrons. The molecule has 0 heterocycles. The molecule has 1 fully saturated rings. The standard InChI is InChI=1S/C7H14N2O2/c8-7(11)9-5-3-1-2-4-6(5)10/h5-6,10H,1-4H2,(H3,8,9,11)/t5-,6+/m1/s1. The van der Waals surface area contributed by atoms with Gasteiger partial charge in [0.2, 0.25) is 0 Å². The molecule has 0 saturated heterocycles. The van der Waals surface area contributed by atoms with Gasteiger partial charge in [0.15, 0.2) is 0 Å². The van der Waals surface area contributed by atoms with E-state index in [-0.39, 0.29) is 6.04 Å². The molecule has 0 unspecified atom stereocenters. The van der Waals surface area contributed by atoms with Crippen LogP contribution in [0.3, 0.4) is 0 Å². The van der Waals surface area contributed by atoms with Crippen molar-refractivity contribution in [3.8, 4) is 0 Å². The highest BCUT2D eigenvalue weighted by atomic mass is 16.3. The maximum Gasteiger partial charge on any atom is 0.312 e. The number of nitrogens with two attached hydrogens (primary N) is 1. The van der Waals surface area contributed by atoms with Crippen LogP contribution in [0.15, 0.2) is 0 Å². The summed E-state index contributed by atoms with van der Waals surface area (Å²) < 4.78 is 0. The zero-order valence-corrected chi connectivity index (χ0v) is 6.42. The summed E-state index contributed by atoms with van der Waals surface area (Å²) in [5.74, 6) is 0. The number of hydrogen-bond donors (Lipinski definition) is 3. The first-order chi connectivity index (χ1) is 5.20. The van der Waals surface area contributed by atoms with Gasteiger partial charge in [0.05, 0.1) is 12.1 Å². The van der Waals surface area contributed by atoms with Gasteiger partial charge in [-0.3, -0.25) is 0 Å². The molecule has 0 aliphatic heterocycles. The smallest absolute Gasteiger partial charge is 0.312 e. The van der Waals surface area contributed by atoms with Crippen LogP contribution in [0.4, 0.5) is 4.79 Å². The number of hydrogen-bond acceptors (Lipinski definition) is 2. The highest BCUT2D eigenvalue weighted by Crippen LogP contribution is 2.17. The molecule has 2 amide bonds. The number of nitrogens with one attached hydrogen (secondary N) is 1. The predicted molar refractivity (Wildman–Crippen MR) is 41.0 cm³/mol. The molecule has 0 aromatic rings. The second-order valence-corrected chi connectivity index (χ2v) is 2.97. The Bertz CT molecular complexity index is 149. The Labute approximate surface area is 65.8 Å². The fraction of sp³-hybridized carbons (Fsp3) is 0.857. The molecule has 0 spiro atoms. The predicted octanol–water partition coefficient (Wildman–Crippen LogP) is -0.0418. The van der Waals surface area contributed by atoms with E-state index in [2.05, 4.69) is 5.32 Å². The Hall–Kier alpha value is -0.770. The maximum atomic E-state index is 10.4. The van der Waals surface area contributed by atoms with Gasteiger partial charge in [0, 0.05) is 0 Å². The van der Waals surface area contributed by atoms with Gasteiger partial charge < -0.3 is 16.2 Å². The zero-order chi connectivity index (χ0) is 8.27. The quantitative estimate of drug-likeness (QED) is 0.500. The van der Waals surface area contributed by atoms with Crippen LogP contribution in [0, 0.1) is 0 Å². The molecule has 1 rings (SSSR count). The van der Waals surface area contributed by atoms with E-state index in [0.717, 1.165) is 25.7 Å². The number of carbonyl (C=O) groups is 1. The first-order valence-electron chi connectivity index (χ1n) is 3.94. The van der Waals surface area contributed by atoms with E-state index < -0.39 is 12.1 Å². The molecule has 11 heavy (non-hydrogen) atoms. The molecule has 4 N–H and O–H groups in total. The van der Waals surface area contributed by atoms with E-state index >= 15 is 0 Å². The summed E-state index contributed by atoms with van der Waals surface area (Å²) in [6.07, 6.45) is 3.30. The third-order valence-electron chi connectivity index (χ3n) is 2.06. The van der Waals surface area contributed by atoms with E-state index in [1.54, 1.807) is 0 Å². The van der Waals surface area contributed by atoms with Crippen molar-refractivity contribution >= 4 is 6.03 Å². The van der Waals surface area contributed by atoms with Crippen LogP contribution in [0.1, 0.15) is 25.7 Å². The number of rotatable bonds is 1. The Morgan fingerprint density at radius 2 is 2.09 bits per heavy atom. The van der Waals surface area contributed by atoms with Crippen molar-refractivity contribution in [2.45, 2.75) is 37.8 Å². The molecule has 4 heteroatoms. The first kappa shape index (κ1) is 8.33. The highest BCUT2D eigenvalue weighted by Gasteiger charge is 2.23. The number of aliphatic hydroxyl groups is 1. The van der Waals surface area contributed by atoms with Gasteiger partial charge >= 0.3 is 6.03 Å². The molecule has 0 aromatic carbocycles. The Morgan fingerprint density at radius 3 is 2.64 bits per heavy atom. The minimum absolute atomic E-state index is 0.124. The number of carbonyl (C=O) groups excluding carboxylic acids is 1. The van der Waals surface area contributed by atoms with Crippen molar-refractivity contribution in [1.29, 1.82) is 0 Å². The number of primary amides is 1. The SMILES string of the molecule is NC(=O)N[C@@H]1CCCC[C@@H]1O. The largest absolute Gasteiger partial charge is 0.391 e. The van der Waals surface area contributed by atoms with Gasteiger partial charge in [-0.25, -0.2) is 4.79 Å². The van der Waals surface area contributed by atoms with E-state index in [1.165, 1.54) is 0 Å². The van der Waals surface area contributed by atoms with E-state index in [4.69, 9.17) is 5.73 Å². The lowest BCUT2D eigenvalue weighted by molar-refractivity contribution is 0.0952. The summed E-state index contributed by atoms with van der Waals surface area (Å²) >= 11 is 0. The second-order valence-electron chi connectivity index (χ2n) is 2.97. The van der Waals surface area contributed by atoms with Crippen LogP contribution in [-0.4, -0.2) is 23.3 Å². The van der Waals surface area contributed by atoms with E-state index in [1.807, 2.05) is 0 Å². The third-order valence-corrected chi connectivity index (χ3v) is 2.06. The minimum Gasteiger partial charge on any atom is -0.391 e. The van der Waals surface area contributed by atoms with Gasteiger partial charge in [-0.15, -0.1) is 0 Å². The van der Waals surface area contributed by atoms with Crippen LogP contribution in [0.5, 0.6) is 0 Å². The minimum atomic E-state index is -0.545. The molecular weight excluding hydrogens is 144 g/mol. The van der Waals surface area contributed by atoms with Gasteiger partial charge in [-0.05, 0) is 12.8 Å². The third kappa shape index (κ3) is 2.38. The van der Waals surface area contributed by atoms with Crippen LogP contribution in [-0.2, 0) is 0 Å². The summed E-state index contributed by atoms with van der Waals surface area (Å²) in [5, 5.41) is 11.9. The van der Waals surface area contributed by atoms with E-state index in [0.29, 0.717) is 0 Å². The molecule has 1 aliphatic carbocycles. The molecule has 1 aliphatic rings. The average molecular weight is 158 g/mol. The monoisotopic (exact) mass is 158 g/mol. The lowest BCUT2D eigenvalue weighted by Gasteiger charge is -2.27.